The largest absolute Gasteiger partial charge is 0.485 e. The van der Waals surface area contributed by atoms with Gasteiger partial charge in [0.2, 0.25) is 0 Å². The fourth-order valence-corrected chi connectivity index (χ4v) is 4.84. The molecule has 5 rings (SSSR count). The Morgan fingerprint density at radius 2 is 1.50 bits per heavy atom. The second kappa shape index (κ2) is 11.4. The van der Waals surface area contributed by atoms with Gasteiger partial charge in [-0.1, -0.05) is 66.7 Å². The SMILES string of the molecule is Cc1ccccc1CNc1ccc2c(c1)C(OCc1ccccc1)C(OCc1ccc(F)cc1)C(C)(C)O2. The van der Waals surface area contributed by atoms with Crippen LogP contribution in [0.15, 0.2) is 97.1 Å². The molecular weight excluding hydrogens is 477 g/mol. The minimum Gasteiger partial charge on any atom is -0.485 e. The molecule has 0 radical (unpaired) electrons. The quantitative estimate of drug-likeness (QED) is 0.249. The van der Waals surface area contributed by atoms with E-state index in [1.54, 1.807) is 12.1 Å². The van der Waals surface area contributed by atoms with E-state index in [1.165, 1.54) is 23.3 Å². The molecule has 1 N–H and O–H groups in total. The summed E-state index contributed by atoms with van der Waals surface area (Å²) < 4.78 is 33.0. The van der Waals surface area contributed by atoms with Crippen LogP contribution in [0.4, 0.5) is 10.1 Å². The van der Waals surface area contributed by atoms with E-state index in [9.17, 15) is 4.39 Å². The van der Waals surface area contributed by atoms with Gasteiger partial charge in [-0.3, -0.25) is 0 Å². The minimum absolute atomic E-state index is 0.265. The van der Waals surface area contributed by atoms with Gasteiger partial charge in [-0.25, -0.2) is 4.39 Å². The molecule has 0 saturated carbocycles. The van der Waals surface area contributed by atoms with Crippen molar-refractivity contribution in [3.8, 4) is 5.75 Å². The summed E-state index contributed by atoms with van der Waals surface area (Å²) in [6.07, 6.45) is -0.759. The highest BCUT2D eigenvalue weighted by molar-refractivity contribution is 5.54. The first-order chi connectivity index (χ1) is 18.4. The van der Waals surface area contributed by atoms with Gasteiger partial charge in [0.05, 0.1) is 13.2 Å². The first-order valence-electron chi connectivity index (χ1n) is 13.0. The van der Waals surface area contributed by atoms with E-state index in [-0.39, 0.29) is 11.9 Å². The topological polar surface area (TPSA) is 39.7 Å². The Bertz CT molecular complexity index is 1350. The van der Waals surface area contributed by atoms with Crippen LogP contribution in [-0.4, -0.2) is 11.7 Å². The Balaban J connectivity index is 1.42. The van der Waals surface area contributed by atoms with Gasteiger partial charge in [-0.15, -0.1) is 0 Å². The summed E-state index contributed by atoms with van der Waals surface area (Å²) in [7, 11) is 0. The lowest BCUT2D eigenvalue weighted by atomic mass is 9.87. The molecule has 38 heavy (non-hydrogen) atoms. The maximum Gasteiger partial charge on any atom is 0.132 e. The number of rotatable bonds is 9. The number of ether oxygens (including phenoxy) is 3. The molecular formula is C33H34FNO3. The Morgan fingerprint density at radius 3 is 2.26 bits per heavy atom. The zero-order chi connectivity index (χ0) is 26.5. The second-order valence-corrected chi connectivity index (χ2v) is 10.3. The monoisotopic (exact) mass is 511 g/mol. The summed E-state index contributed by atoms with van der Waals surface area (Å²) in [5, 5.41) is 3.56. The molecule has 1 aliphatic rings. The third-order valence-corrected chi connectivity index (χ3v) is 7.01. The van der Waals surface area contributed by atoms with Crippen molar-refractivity contribution in [3.63, 3.8) is 0 Å². The van der Waals surface area contributed by atoms with Gasteiger partial charge in [0.25, 0.3) is 0 Å². The third kappa shape index (κ3) is 6.07. The van der Waals surface area contributed by atoms with Crippen LogP contribution >= 0.6 is 0 Å². The molecule has 4 aromatic carbocycles. The highest BCUT2D eigenvalue weighted by Gasteiger charge is 2.45. The molecule has 1 heterocycles. The molecule has 2 atom stereocenters. The zero-order valence-electron chi connectivity index (χ0n) is 22.1. The highest BCUT2D eigenvalue weighted by Crippen LogP contribution is 2.45. The van der Waals surface area contributed by atoms with Gasteiger partial charge in [-0.2, -0.15) is 0 Å². The molecule has 1 aliphatic heterocycles. The van der Waals surface area contributed by atoms with Gasteiger partial charge >= 0.3 is 0 Å². The second-order valence-electron chi connectivity index (χ2n) is 10.3. The molecule has 2 unspecified atom stereocenters. The molecule has 5 heteroatoms. The molecule has 0 aliphatic carbocycles. The molecule has 0 fully saturated rings. The summed E-state index contributed by atoms with van der Waals surface area (Å²) in [4.78, 5) is 0. The van der Waals surface area contributed by atoms with Crippen molar-refractivity contribution in [2.45, 2.75) is 58.3 Å². The van der Waals surface area contributed by atoms with E-state index in [1.807, 2.05) is 44.2 Å². The van der Waals surface area contributed by atoms with Crippen LogP contribution in [0.3, 0.4) is 0 Å². The zero-order valence-corrected chi connectivity index (χ0v) is 22.1. The molecule has 0 aromatic heterocycles. The summed E-state index contributed by atoms with van der Waals surface area (Å²) >= 11 is 0. The molecule has 4 nitrogen and oxygen atoms in total. The molecule has 0 bridgehead atoms. The smallest absolute Gasteiger partial charge is 0.132 e. The standard InChI is InChI=1S/C33H34FNO3/c1-23-9-7-8-12-26(23)20-35-28-17-18-30-29(19-28)31(36-21-24-10-5-4-6-11-24)32(33(2,3)38-30)37-22-25-13-15-27(34)16-14-25/h4-19,31-32,35H,20-22H2,1-3H3. The summed E-state index contributed by atoms with van der Waals surface area (Å²) in [6, 6.07) is 31.0. The highest BCUT2D eigenvalue weighted by atomic mass is 19.1. The van der Waals surface area contributed by atoms with E-state index in [0.29, 0.717) is 13.2 Å². The van der Waals surface area contributed by atoms with Crippen LogP contribution in [0.5, 0.6) is 5.75 Å². The van der Waals surface area contributed by atoms with Crippen molar-refractivity contribution >= 4 is 5.69 Å². The van der Waals surface area contributed by atoms with Crippen molar-refractivity contribution in [2.75, 3.05) is 5.32 Å². The summed E-state index contributed by atoms with van der Waals surface area (Å²) in [5.74, 6) is 0.523. The number of halogens is 1. The number of nitrogens with one attached hydrogen (secondary N) is 1. The van der Waals surface area contributed by atoms with Crippen LogP contribution in [0.1, 0.15) is 47.8 Å². The van der Waals surface area contributed by atoms with Crippen LogP contribution in [0, 0.1) is 12.7 Å². The van der Waals surface area contributed by atoms with Gasteiger partial charge in [-0.05, 0) is 73.4 Å². The number of hydrogen-bond acceptors (Lipinski definition) is 4. The van der Waals surface area contributed by atoms with E-state index in [2.05, 4.69) is 54.7 Å². The lowest BCUT2D eigenvalue weighted by molar-refractivity contribution is -0.170. The predicted molar refractivity (Wildman–Crippen MR) is 149 cm³/mol. The van der Waals surface area contributed by atoms with Crippen molar-refractivity contribution in [2.24, 2.45) is 0 Å². The third-order valence-electron chi connectivity index (χ3n) is 7.01. The molecule has 196 valence electrons. The first kappa shape index (κ1) is 26.0. The van der Waals surface area contributed by atoms with Crippen molar-refractivity contribution in [1.82, 2.24) is 0 Å². The normalized spacial score (nSPS) is 17.9. The fourth-order valence-electron chi connectivity index (χ4n) is 4.84. The van der Waals surface area contributed by atoms with Crippen molar-refractivity contribution in [1.29, 1.82) is 0 Å². The van der Waals surface area contributed by atoms with E-state index in [0.717, 1.165) is 34.7 Å². The van der Waals surface area contributed by atoms with Crippen LogP contribution < -0.4 is 10.1 Å². The molecule has 4 aromatic rings. The fraction of sp³-hybridized carbons (Fsp3) is 0.273. The number of aryl methyl sites for hydroxylation is 1. The Hall–Kier alpha value is -3.67. The van der Waals surface area contributed by atoms with Crippen molar-refractivity contribution < 1.29 is 18.6 Å². The lowest BCUT2D eigenvalue weighted by Crippen LogP contribution is -2.50. The Kier molecular flexibility index (Phi) is 7.77. The number of anilines is 1. The van der Waals surface area contributed by atoms with Crippen molar-refractivity contribution in [3.05, 3.63) is 131 Å². The maximum absolute atomic E-state index is 13.4. The number of benzene rings is 4. The Labute approximate surface area is 224 Å². The number of hydrogen-bond donors (Lipinski definition) is 1. The molecule has 0 saturated heterocycles. The Morgan fingerprint density at radius 1 is 0.816 bits per heavy atom. The van der Waals surface area contributed by atoms with Gasteiger partial charge in [0, 0.05) is 17.8 Å². The summed E-state index contributed by atoms with van der Waals surface area (Å²) in [5.41, 5.74) is 5.76. The van der Waals surface area contributed by atoms with Crippen LogP contribution in [0.25, 0.3) is 0 Å². The van der Waals surface area contributed by atoms with Crippen LogP contribution in [-0.2, 0) is 29.2 Å². The maximum atomic E-state index is 13.4. The van der Waals surface area contributed by atoms with E-state index >= 15 is 0 Å². The van der Waals surface area contributed by atoms with E-state index in [4.69, 9.17) is 14.2 Å². The summed E-state index contributed by atoms with van der Waals surface area (Å²) in [6.45, 7) is 7.65. The van der Waals surface area contributed by atoms with Gasteiger partial charge < -0.3 is 19.5 Å². The average molecular weight is 512 g/mol. The lowest BCUT2D eigenvalue weighted by Gasteiger charge is -2.44. The molecule has 0 spiro atoms. The van der Waals surface area contributed by atoms with Gasteiger partial charge in [0.15, 0.2) is 0 Å². The minimum atomic E-state index is -0.648. The average Bonchev–Trinajstić information content (AvgIpc) is 2.92. The van der Waals surface area contributed by atoms with Gasteiger partial charge in [0.1, 0.15) is 29.4 Å². The molecule has 0 amide bonds. The first-order valence-corrected chi connectivity index (χ1v) is 13.0. The van der Waals surface area contributed by atoms with E-state index < -0.39 is 11.7 Å². The van der Waals surface area contributed by atoms with Crippen LogP contribution in [0.2, 0.25) is 0 Å². The number of fused-ring (bicyclic) bond motifs is 1. The predicted octanol–water partition coefficient (Wildman–Crippen LogP) is 7.76.